The van der Waals surface area contributed by atoms with Gasteiger partial charge in [-0.3, -0.25) is 0 Å². The summed E-state index contributed by atoms with van der Waals surface area (Å²) >= 11 is 0. The highest BCUT2D eigenvalue weighted by atomic mass is 15.0. The third-order valence-corrected chi connectivity index (χ3v) is 4.40. The quantitative estimate of drug-likeness (QED) is 0.606. The van der Waals surface area contributed by atoms with E-state index in [-0.39, 0.29) is 0 Å². The lowest BCUT2D eigenvalue weighted by Crippen LogP contribution is -2.39. The number of hydrogen-bond acceptors (Lipinski definition) is 0. The van der Waals surface area contributed by atoms with E-state index in [1.54, 1.807) is 22.1 Å². The van der Waals surface area contributed by atoms with Gasteiger partial charge in [-0.05, 0) is 43.7 Å². The number of nitrogens with zero attached hydrogens (tertiary/aromatic N) is 1. The number of pyridine rings is 1. The Labute approximate surface area is 102 Å². The average Bonchev–Trinajstić information content (AvgIpc) is 2.39. The molecule has 0 radical (unpaired) electrons. The van der Waals surface area contributed by atoms with E-state index in [0.717, 1.165) is 0 Å². The zero-order valence-corrected chi connectivity index (χ0v) is 10.2. The van der Waals surface area contributed by atoms with Gasteiger partial charge in [0.1, 0.15) is 6.54 Å². The molecule has 86 valence electrons. The fourth-order valence-electron chi connectivity index (χ4n) is 3.62. The summed E-state index contributed by atoms with van der Waals surface area (Å²) in [6.07, 6.45) is 10.3. The van der Waals surface area contributed by atoms with Gasteiger partial charge in [-0.25, -0.2) is 0 Å². The fraction of sp³-hybridized carbons (Fsp3) is 0.438. The predicted molar refractivity (Wildman–Crippen MR) is 69.1 cm³/mol. The summed E-state index contributed by atoms with van der Waals surface area (Å²) in [7, 11) is 0. The van der Waals surface area contributed by atoms with Crippen LogP contribution in [0.3, 0.4) is 0 Å². The van der Waals surface area contributed by atoms with E-state index in [1.165, 1.54) is 50.6 Å². The van der Waals surface area contributed by atoms with Gasteiger partial charge in [-0.15, -0.1) is 0 Å². The van der Waals surface area contributed by atoms with E-state index in [2.05, 4.69) is 29.0 Å². The van der Waals surface area contributed by atoms with E-state index in [4.69, 9.17) is 0 Å². The first-order valence-electron chi connectivity index (χ1n) is 6.89. The van der Waals surface area contributed by atoms with Gasteiger partial charge in [-0.2, -0.15) is 4.57 Å². The molecule has 0 saturated heterocycles. The second kappa shape index (κ2) is 3.56. The lowest BCUT2D eigenvalue weighted by Gasteiger charge is -2.19. The van der Waals surface area contributed by atoms with Gasteiger partial charge in [0.25, 0.3) is 0 Å². The number of rotatable bonds is 0. The van der Waals surface area contributed by atoms with Gasteiger partial charge in [0.15, 0.2) is 6.20 Å². The van der Waals surface area contributed by atoms with Crippen LogP contribution >= 0.6 is 0 Å². The van der Waals surface area contributed by atoms with E-state index >= 15 is 0 Å². The monoisotopic (exact) mass is 224 g/mol. The maximum Gasteiger partial charge on any atom is 0.215 e. The molecule has 2 aromatic rings. The SMILES string of the molecule is c1cc2c3c(c1)c1c(c[n+]3CCC2)CCCC1. The highest BCUT2D eigenvalue weighted by molar-refractivity contribution is 5.83. The molecule has 0 fully saturated rings. The van der Waals surface area contributed by atoms with Crippen LogP contribution in [-0.2, 0) is 25.8 Å². The molecule has 0 unspecified atom stereocenters. The predicted octanol–water partition coefficient (Wildman–Crippen LogP) is 2.95. The van der Waals surface area contributed by atoms with Gasteiger partial charge in [-0.1, -0.05) is 12.1 Å². The Bertz CT molecular complexity index is 598. The molecule has 1 aromatic carbocycles. The first kappa shape index (κ1) is 9.64. The van der Waals surface area contributed by atoms with Crippen molar-refractivity contribution in [3.63, 3.8) is 0 Å². The van der Waals surface area contributed by atoms with Gasteiger partial charge >= 0.3 is 0 Å². The number of para-hydroxylation sites is 1. The fourth-order valence-corrected chi connectivity index (χ4v) is 3.62. The Balaban J connectivity index is 2.13. The van der Waals surface area contributed by atoms with Gasteiger partial charge < -0.3 is 0 Å². The molecule has 1 aromatic heterocycles. The second-order valence-corrected chi connectivity index (χ2v) is 5.45. The van der Waals surface area contributed by atoms with Crippen molar-refractivity contribution in [2.24, 2.45) is 0 Å². The van der Waals surface area contributed by atoms with Crippen molar-refractivity contribution in [1.29, 1.82) is 0 Å². The highest BCUT2D eigenvalue weighted by Crippen LogP contribution is 2.29. The molecule has 0 amide bonds. The summed E-state index contributed by atoms with van der Waals surface area (Å²) in [5.74, 6) is 0. The van der Waals surface area contributed by atoms with E-state index in [1.807, 2.05) is 0 Å². The van der Waals surface area contributed by atoms with Crippen LogP contribution in [0, 0.1) is 0 Å². The Kier molecular flexibility index (Phi) is 2.02. The maximum absolute atomic E-state index is 2.51. The minimum atomic E-state index is 1.21. The molecule has 0 spiro atoms. The smallest absolute Gasteiger partial charge is 0.198 e. The van der Waals surface area contributed by atoms with Crippen LogP contribution in [0.1, 0.15) is 36.0 Å². The Morgan fingerprint density at radius 3 is 2.76 bits per heavy atom. The third-order valence-electron chi connectivity index (χ3n) is 4.40. The summed E-state index contributed by atoms with van der Waals surface area (Å²) in [4.78, 5) is 0. The van der Waals surface area contributed by atoms with Crippen molar-refractivity contribution in [3.05, 3.63) is 41.1 Å². The molecule has 0 N–H and O–H groups in total. The van der Waals surface area contributed by atoms with Crippen LogP contribution in [0.2, 0.25) is 0 Å². The molecule has 0 bridgehead atoms. The Hall–Kier alpha value is -1.37. The molecular formula is C16H18N+. The molecule has 2 aliphatic rings. The summed E-state index contributed by atoms with van der Waals surface area (Å²) < 4.78 is 2.51. The average molecular weight is 224 g/mol. The zero-order chi connectivity index (χ0) is 11.2. The molecule has 0 saturated carbocycles. The summed E-state index contributed by atoms with van der Waals surface area (Å²) in [6, 6.07) is 6.90. The zero-order valence-electron chi connectivity index (χ0n) is 10.2. The number of hydrogen-bond donors (Lipinski definition) is 0. The normalized spacial score (nSPS) is 18.1. The molecular weight excluding hydrogens is 206 g/mol. The number of benzene rings is 1. The third kappa shape index (κ3) is 1.35. The summed E-state index contributed by atoms with van der Waals surface area (Å²) in [5, 5.41) is 1.54. The number of fused-ring (bicyclic) bond motifs is 2. The van der Waals surface area contributed by atoms with E-state index in [0.29, 0.717) is 0 Å². The van der Waals surface area contributed by atoms with Gasteiger partial charge in [0, 0.05) is 17.5 Å². The summed E-state index contributed by atoms with van der Waals surface area (Å²) in [5.41, 5.74) is 6.34. The van der Waals surface area contributed by atoms with Gasteiger partial charge in [0.05, 0.1) is 5.39 Å². The first-order chi connectivity index (χ1) is 8.43. The Morgan fingerprint density at radius 1 is 0.882 bits per heavy atom. The van der Waals surface area contributed by atoms with Crippen LogP contribution in [0.15, 0.2) is 24.4 Å². The molecule has 0 atom stereocenters. The number of aryl methyl sites for hydroxylation is 4. The molecule has 2 heterocycles. The molecule has 1 aliphatic carbocycles. The largest absolute Gasteiger partial charge is 0.215 e. The van der Waals surface area contributed by atoms with Crippen LogP contribution in [0.4, 0.5) is 0 Å². The van der Waals surface area contributed by atoms with Crippen LogP contribution in [-0.4, -0.2) is 0 Å². The van der Waals surface area contributed by atoms with Crippen LogP contribution < -0.4 is 4.57 Å². The molecule has 17 heavy (non-hydrogen) atoms. The van der Waals surface area contributed by atoms with Crippen molar-refractivity contribution >= 4 is 10.9 Å². The molecule has 4 rings (SSSR count). The van der Waals surface area contributed by atoms with Crippen LogP contribution in [0.5, 0.6) is 0 Å². The first-order valence-corrected chi connectivity index (χ1v) is 6.89. The molecule has 1 heteroatoms. The minimum absolute atomic E-state index is 1.21. The Morgan fingerprint density at radius 2 is 1.76 bits per heavy atom. The minimum Gasteiger partial charge on any atom is -0.198 e. The summed E-state index contributed by atoms with van der Waals surface area (Å²) in [6.45, 7) is 1.21. The molecule has 1 nitrogen and oxygen atoms in total. The van der Waals surface area contributed by atoms with Crippen LogP contribution in [0.25, 0.3) is 10.9 Å². The van der Waals surface area contributed by atoms with E-state index in [9.17, 15) is 0 Å². The maximum atomic E-state index is 2.51. The van der Waals surface area contributed by atoms with Gasteiger partial charge in [0.2, 0.25) is 5.52 Å². The second-order valence-electron chi connectivity index (χ2n) is 5.45. The number of aromatic nitrogens is 1. The van der Waals surface area contributed by atoms with Crippen molar-refractivity contribution in [2.45, 2.75) is 45.1 Å². The van der Waals surface area contributed by atoms with E-state index < -0.39 is 0 Å². The highest BCUT2D eigenvalue weighted by Gasteiger charge is 2.24. The standard InChI is InChI=1S/C16H18N/c1-2-8-14-13(5-1)11-17-10-4-7-12-6-3-9-15(14)16(12)17/h3,6,9,11H,1-2,4-5,7-8,10H2/q+1. The molecule has 1 aliphatic heterocycles. The van der Waals surface area contributed by atoms with Crippen molar-refractivity contribution in [2.75, 3.05) is 0 Å². The topological polar surface area (TPSA) is 3.88 Å². The van der Waals surface area contributed by atoms with Crippen molar-refractivity contribution in [1.82, 2.24) is 0 Å². The van der Waals surface area contributed by atoms with Crippen molar-refractivity contribution in [3.8, 4) is 0 Å². The lowest BCUT2D eigenvalue weighted by atomic mass is 9.88. The van der Waals surface area contributed by atoms with Crippen molar-refractivity contribution < 1.29 is 4.57 Å². The lowest BCUT2D eigenvalue weighted by molar-refractivity contribution is -0.674.